The zero-order valence-corrected chi connectivity index (χ0v) is 14.5. The van der Waals surface area contributed by atoms with Crippen molar-refractivity contribution in [3.8, 4) is 0 Å². The average Bonchev–Trinajstić information content (AvgIpc) is 2.61. The molecule has 25 heavy (non-hydrogen) atoms. The first-order valence-electron chi connectivity index (χ1n) is 7.55. The Balaban J connectivity index is 1.88. The molecule has 2 aromatic rings. The van der Waals surface area contributed by atoms with E-state index in [1.807, 2.05) is 30.3 Å². The van der Waals surface area contributed by atoms with Crippen LogP contribution in [-0.4, -0.2) is 33.8 Å². The van der Waals surface area contributed by atoms with Crippen molar-refractivity contribution >= 4 is 27.5 Å². The Bertz CT molecular complexity index is 851. The van der Waals surface area contributed by atoms with Crippen molar-refractivity contribution in [3.05, 3.63) is 60.2 Å². The van der Waals surface area contributed by atoms with Gasteiger partial charge in [-0.3, -0.25) is 9.59 Å². The van der Waals surface area contributed by atoms with Crippen molar-refractivity contribution in [1.82, 2.24) is 10.0 Å². The number of amides is 2. The predicted molar refractivity (Wildman–Crippen MR) is 94.5 cm³/mol. The van der Waals surface area contributed by atoms with Crippen LogP contribution < -0.4 is 15.4 Å². The first-order chi connectivity index (χ1) is 11.9. The maximum atomic E-state index is 11.9. The van der Waals surface area contributed by atoms with Crippen LogP contribution in [-0.2, 0) is 26.0 Å². The average molecular weight is 361 g/mol. The molecule has 0 saturated heterocycles. The first kappa shape index (κ1) is 18.6. The van der Waals surface area contributed by atoms with Gasteiger partial charge in [-0.15, -0.1) is 0 Å². The number of benzene rings is 2. The molecule has 0 saturated carbocycles. The van der Waals surface area contributed by atoms with Crippen molar-refractivity contribution < 1.29 is 18.0 Å². The SMILES string of the molecule is CNS(=O)(=O)c1cccc(NC(=O)CNC(=O)Cc2ccccc2)c1. The second-order valence-electron chi connectivity index (χ2n) is 5.22. The molecule has 132 valence electrons. The molecule has 8 heteroatoms. The second kappa shape index (κ2) is 8.41. The molecule has 2 rings (SSSR count). The van der Waals surface area contributed by atoms with E-state index in [1.165, 1.54) is 25.2 Å². The lowest BCUT2D eigenvalue weighted by atomic mass is 10.1. The third-order valence-electron chi connectivity index (χ3n) is 3.35. The second-order valence-corrected chi connectivity index (χ2v) is 7.11. The van der Waals surface area contributed by atoms with Crippen LogP contribution in [0.25, 0.3) is 0 Å². The molecule has 0 aliphatic heterocycles. The summed E-state index contributed by atoms with van der Waals surface area (Å²) in [6.07, 6.45) is 0.185. The maximum Gasteiger partial charge on any atom is 0.243 e. The quantitative estimate of drug-likeness (QED) is 0.681. The van der Waals surface area contributed by atoms with Gasteiger partial charge in [0.25, 0.3) is 0 Å². The Morgan fingerprint density at radius 2 is 1.68 bits per heavy atom. The molecule has 0 atom stereocenters. The topological polar surface area (TPSA) is 104 Å². The highest BCUT2D eigenvalue weighted by Gasteiger charge is 2.12. The Kier molecular flexibility index (Phi) is 6.26. The summed E-state index contributed by atoms with van der Waals surface area (Å²) in [5, 5.41) is 5.08. The van der Waals surface area contributed by atoms with Crippen LogP contribution in [0, 0.1) is 0 Å². The monoisotopic (exact) mass is 361 g/mol. The van der Waals surface area contributed by atoms with E-state index in [1.54, 1.807) is 6.07 Å². The molecular weight excluding hydrogens is 342 g/mol. The van der Waals surface area contributed by atoms with Gasteiger partial charge in [-0.1, -0.05) is 36.4 Å². The molecule has 0 aliphatic carbocycles. The Hall–Kier alpha value is -2.71. The summed E-state index contributed by atoms with van der Waals surface area (Å²) in [6, 6.07) is 15.0. The van der Waals surface area contributed by atoms with Gasteiger partial charge >= 0.3 is 0 Å². The Morgan fingerprint density at radius 3 is 2.36 bits per heavy atom. The van der Waals surface area contributed by atoms with Crippen LogP contribution in [0.3, 0.4) is 0 Å². The van der Waals surface area contributed by atoms with Crippen molar-refractivity contribution in [2.75, 3.05) is 18.9 Å². The van der Waals surface area contributed by atoms with E-state index in [9.17, 15) is 18.0 Å². The fourth-order valence-electron chi connectivity index (χ4n) is 2.09. The fourth-order valence-corrected chi connectivity index (χ4v) is 2.86. The van der Waals surface area contributed by atoms with Gasteiger partial charge in [0, 0.05) is 5.69 Å². The summed E-state index contributed by atoms with van der Waals surface area (Å²) < 4.78 is 25.7. The van der Waals surface area contributed by atoms with E-state index in [4.69, 9.17) is 0 Å². The van der Waals surface area contributed by atoms with E-state index in [0.717, 1.165) is 5.56 Å². The number of nitrogens with one attached hydrogen (secondary N) is 3. The highest BCUT2D eigenvalue weighted by atomic mass is 32.2. The van der Waals surface area contributed by atoms with E-state index < -0.39 is 15.9 Å². The summed E-state index contributed by atoms with van der Waals surface area (Å²) >= 11 is 0. The van der Waals surface area contributed by atoms with Crippen LogP contribution in [0.5, 0.6) is 0 Å². The number of sulfonamides is 1. The summed E-state index contributed by atoms with van der Waals surface area (Å²) in [7, 11) is -2.28. The number of carbonyl (C=O) groups is 2. The predicted octanol–water partition coefficient (Wildman–Crippen LogP) is 0.892. The van der Waals surface area contributed by atoms with Gasteiger partial charge in [0.05, 0.1) is 17.9 Å². The summed E-state index contributed by atoms with van der Waals surface area (Å²) in [6.45, 7) is -0.200. The molecule has 0 fully saturated rings. The third-order valence-corrected chi connectivity index (χ3v) is 4.76. The smallest absolute Gasteiger partial charge is 0.243 e. The zero-order chi connectivity index (χ0) is 18.3. The van der Waals surface area contributed by atoms with Crippen molar-refractivity contribution in [3.63, 3.8) is 0 Å². The van der Waals surface area contributed by atoms with E-state index in [-0.39, 0.29) is 23.8 Å². The Morgan fingerprint density at radius 1 is 0.960 bits per heavy atom. The van der Waals surface area contributed by atoms with Crippen LogP contribution in [0.1, 0.15) is 5.56 Å². The van der Waals surface area contributed by atoms with E-state index in [0.29, 0.717) is 5.69 Å². The van der Waals surface area contributed by atoms with Gasteiger partial charge < -0.3 is 10.6 Å². The summed E-state index contributed by atoms with van der Waals surface area (Å²) in [4.78, 5) is 23.8. The standard InChI is InChI=1S/C17H19N3O4S/c1-18-25(23,24)15-9-5-8-14(11-15)20-17(22)12-19-16(21)10-13-6-3-2-4-7-13/h2-9,11,18H,10,12H2,1H3,(H,19,21)(H,20,22). The number of carbonyl (C=O) groups excluding carboxylic acids is 2. The zero-order valence-electron chi connectivity index (χ0n) is 13.7. The molecular formula is C17H19N3O4S. The lowest BCUT2D eigenvalue weighted by Gasteiger charge is -2.09. The number of hydrogen-bond acceptors (Lipinski definition) is 4. The molecule has 0 aliphatic rings. The van der Waals surface area contributed by atoms with E-state index in [2.05, 4.69) is 15.4 Å². The lowest BCUT2D eigenvalue weighted by Crippen LogP contribution is -2.33. The Labute approximate surface area is 146 Å². The van der Waals surface area contributed by atoms with Crippen LogP contribution >= 0.6 is 0 Å². The molecule has 2 amide bonds. The van der Waals surface area contributed by atoms with Gasteiger partial charge in [0.1, 0.15) is 0 Å². The molecule has 0 spiro atoms. The van der Waals surface area contributed by atoms with Gasteiger partial charge in [-0.05, 0) is 30.8 Å². The molecule has 7 nitrogen and oxygen atoms in total. The van der Waals surface area contributed by atoms with Gasteiger partial charge in [-0.2, -0.15) is 0 Å². The van der Waals surface area contributed by atoms with E-state index >= 15 is 0 Å². The first-order valence-corrected chi connectivity index (χ1v) is 9.03. The highest BCUT2D eigenvalue weighted by Crippen LogP contribution is 2.14. The third kappa shape index (κ3) is 5.70. The van der Waals surface area contributed by atoms with Gasteiger partial charge in [0.2, 0.25) is 21.8 Å². The molecule has 0 bridgehead atoms. The highest BCUT2D eigenvalue weighted by molar-refractivity contribution is 7.89. The lowest BCUT2D eigenvalue weighted by molar-refractivity contribution is -0.123. The largest absolute Gasteiger partial charge is 0.347 e. The minimum Gasteiger partial charge on any atom is -0.347 e. The van der Waals surface area contributed by atoms with Crippen molar-refractivity contribution in [1.29, 1.82) is 0 Å². The maximum absolute atomic E-state index is 11.9. The summed E-state index contributed by atoms with van der Waals surface area (Å²) in [5.74, 6) is -0.715. The molecule has 0 radical (unpaired) electrons. The number of anilines is 1. The van der Waals surface area contributed by atoms with Gasteiger partial charge in [0.15, 0.2) is 0 Å². The minimum atomic E-state index is -3.59. The number of hydrogen-bond donors (Lipinski definition) is 3. The normalized spacial score (nSPS) is 10.9. The van der Waals surface area contributed by atoms with Crippen molar-refractivity contribution in [2.24, 2.45) is 0 Å². The molecule has 0 unspecified atom stereocenters. The van der Waals surface area contributed by atoms with Crippen LogP contribution in [0.4, 0.5) is 5.69 Å². The minimum absolute atomic E-state index is 0.0425. The molecule has 0 aromatic heterocycles. The molecule has 3 N–H and O–H groups in total. The fraction of sp³-hybridized carbons (Fsp3) is 0.176. The van der Waals surface area contributed by atoms with Crippen LogP contribution in [0.2, 0.25) is 0 Å². The molecule has 2 aromatic carbocycles. The summed E-state index contributed by atoms with van der Waals surface area (Å²) in [5.41, 5.74) is 1.18. The van der Waals surface area contributed by atoms with Gasteiger partial charge in [-0.25, -0.2) is 13.1 Å². The van der Waals surface area contributed by atoms with Crippen LogP contribution in [0.15, 0.2) is 59.5 Å². The van der Waals surface area contributed by atoms with Crippen molar-refractivity contribution in [2.45, 2.75) is 11.3 Å². The molecule has 0 heterocycles. The number of rotatable bonds is 7.